The SMILES string of the molecule is O=C(NN=Cc1ccccc1[N+](=O)[O-])C1CC1(c1ccccc1)c1ccccc1. The lowest BCUT2D eigenvalue weighted by atomic mass is 9.85. The van der Waals surface area contributed by atoms with Crippen molar-refractivity contribution in [3.05, 3.63) is 112 Å². The minimum atomic E-state index is -0.472. The predicted octanol–water partition coefficient (Wildman–Crippen LogP) is 4.05. The van der Waals surface area contributed by atoms with E-state index in [1.807, 2.05) is 60.7 Å². The molecular formula is C23H19N3O3. The summed E-state index contributed by atoms with van der Waals surface area (Å²) >= 11 is 0. The molecule has 0 radical (unpaired) electrons. The summed E-state index contributed by atoms with van der Waals surface area (Å²) in [6.07, 6.45) is 2.00. The number of hydrogen-bond acceptors (Lipinski definition) is 4. The third-order valence-electron chi connectivity index (χ3n) is 5.37. The van der Waals surface area contributed by atoms with Gasteiger partial charge in [0.1, 0.15) is 0 Å². The molecule has 4 rings (SSSR count). The van der Waals surface area contributed by atoms with Crippen LogP contribution < -0.4 is 5.43 Å². The summed E-state index contributed by atoms with van der Waals surface area (Å²) in [5, 5.41) is 15.1. The average molecular weight is 385 g/mol. The molecule has 0 spiro atoms. The number of nitro groups is 1. The molecule has 1 N–H and O–H groups in total. The van der Waals surface area contributed by atoms with Crippen molar-refractivity contribution >= 4 is 17.8 Å². The molecule has 6 nitrogen and oxygen atoms in total. The number of hydrazone groups is 1. The Balaban J connectivity index is 1.55. The Kier molecular flexibility index (Phi) is 4.91. The van der Waals surface area contributed by atoms with Crippen LogP contribution in [0.3, 0.4) is 0 Å². The summed E-state index contributed by atoms with van der Waals surface area (Å²) in [6, 6.07) is 26.2. The van der Waals surface area contributed by atoms with E-state index in [1.165, 1.54) is 12.3 Å². The highest BCUT2D eigenvalue weighted by Crippen LogP contribution is 2.58. The molecule has 3 aromatic rings. The van der Waals surface area contributed by atoms with Crippen molar-refractivity contribution in [2.45, 2.75) is 11.8 Å². The second-order valence-corrected chi connectivity index (χ2v) is 7.01. The third kappa shape index (κ3) is 3.52. The lowest BCUT2D eigenvalue weighted by molar-refractivity contribution is -0.385. The molecule has 1 amide bonds. The molecule has 0 aromatic heterocycles. The van der Waals surface area contributed by atoms with Crippen LogP contribution in [0, 0.1) is 16.0 Å². The van der Waals surface area contributed by atoms with E-state index in [0.29, 0.717) is 12.0 Å². The Labute approximate surface area is 168 Å². The maximum Gasteiger partial charge on any atom is 0.278 e. The Bertz CT molecular complexity index is 1030. The Morgan fingerprint density at radius 1 is 0.966 bits per heavy atom. The largest absolute Gasteiger partial charge is 0.278 e. The minimum absolute atomic E-state index is 0.0557. The predicted molar refractivity (Wildman–Crippen MR) is 111 cm³/mol. The fourth-order valence-electron chi connectivity index (χ4n) is 3.86. The van der Waals surface area contributed by atoms with Crippen molar-refractivity contribution in [2.75, 3.05) is 0 Å². The van der Waals surface area contributed by atoms with E-state index in [0.717, 1.165) is 11.1 Å². The van der Waals surface area contributed by atoms with E-state index in [1.54, 1.807) is 18.2 Å². The number of hydrogen-bond donors (Lipinski definition) is 1. The number of para-hydroxylation sites is 1. The highest BCUT2D eigenvalue weighted by molar-refractivity contribution is 5.89. The molecule has 3 aromatic carbocycles. The van der Waals surface area contributed by atoms with Crippen molar-refractivity contribution in [1.82, 2.24) is 5.43 Å². The fourth-order valence-corrected chi connectivity index (χ4v) is 3.86. The number of amides is 1. The Hall–Kier alpha value is -3.80. The van der Waals surface area contributed by atoms with Gasteiger partial charge in [-0.1, -0.05) is 72.8 Å². The maximum atomic E-state index is 12.8. The minimum Gasteiger partial charge on any atom is -0.273 e. The van der Waals surface area contributed by atoms with E-state index < -0.39 is 4.92 Å². The standard InChI is InChI=1S/C23H19N3O3/c27-22(25-24-16-17-9-7-8-14-21(17)26(28)29)20-15-23(20,18-10-3-1-4-11-18)19-12-5-2-6-13-19/h1-14,16,20H,15H2,(H,25,27). The van der Waals surface area contributed by atoms with Crippen LogP contribution in [-0.4, -0.2) is 17.0 Å². The van der Waals surface area contributed by atoms with E-state index in [4.69, 9.17) is 0 Å². The number of carbonyl (C=O) groups excluding carboxylic acids is 1. The second-order valence-electron chi connectivity index (χ2n) is 7.01. The van der Waals surface area contributed by atoms with E-state index >= 15 is 0 Å². The number of benzene rings is 3. The molecule has 0 saturated heterocycles. The molecule has 0 aliphatic heterocycles. The van der Waals surface area contributed by atoms with Crippen molar-refractivity contribution in [3.8, 4) is 0 Å². The van der Waals surface area contributed by atoms with Crippen LogP contribution >= 0.6 is 0 Å². The zero-order valence-electron chi connectivity index (χ0n) is 15.6. The van der Waals surface area contributed by atoms with Gasteiger partial charge >= 0.3 is 0 Å². The van der Waals surface area contributed by atoms with Crippen LogP contribution in [-0.2, 0) is 10.2 Å². The normalized spacial score (nSPS) is 17.0. The van der Waals surface area contributed by atoms with Gasteiger partial charge in [-0.25, -0.2) is 5.43 Å². The summed E-state index contributed by atoms with van der Waals surface area (Å²) in [6.45, 7) is 0. The van der Waals surface area contributed by atoms with Crippen LogP contribution in [0.5, 0.6) is 0 Å². The maximum absolute atomic E-state index is 12.8. The van der Waals surface area contributed by atoms with Crippen LogP contribution in [0.4, 0.5) is 5.69 Å². The third-order valence-corrected chi connectivity index (χ3v) is 5.37. The molecule has 6 heteroatoms. The summed E-state index contributed by atoms with van der Waals surface area (Å²) in [5.74, 6) is -0.456. The smallest absolute Gasteiger partial charge is 0.273 e. The summed E-state index contributed by atoms with van der Waals surface area (Å²) in [7, 11) is 0. The van der Waals surface area contributed by atoms with Crippen LogP contribution in [0.1, 0.15) is 23.1 Å². The molecule has 0 heterocycles. The molecule has 1 aliphatic carbocycles. The first kappa shape index (κ1) is 18.6. The van der Waals surface area contributed by atoms with Crippen molar-refractivity contribution in [1.29, 1.82) is 0 Å². The highest BCUT2D eigenvalue weighted by Gasteiger charge is 2.60. The lowest BCUT2D eigenvalue weighted by Gasteiger charge is -2.18. The van der Waals surface area contributed by atoms with Crippen LogP contribution in [0.25, 0.3) is 0 Å². The first-order valence-corrected chi connectivity index (χ1v) is 9.30. The zero-order valence-corrected chi connectivity index (χ0v) is 15.6. The van der Waals surface area contributed by atoms with Gasteiger partial charge in [-0.2, -0.15) is 5.10 Å². The highest BCUT2D eigenvalue weighted by atomic mass is 16.6. The fraction of sp³-hybridized carbons (Fsp3) is 0.130. The van der Waals surface area contributed by atoms with Crippen molar-refractivity contribution in [3.63, 3.8) is 0 Å². The summed E-state index contributed by atoms with van der Waals surface area (Å²) in [5.41, 5.74) is 4.65. The van der Waals surface area contributed by atoms with Crippen LogP contribution in [0.2, 0.25) is 0 Å². The van der Waals surface area contributed by atoms with E-state index in [2.05, 4.69) is 10.5 Å². The average Bonchev–Trinajstić information content (AvgIpc) is 3.52. The molecular weight excluding hydrogens is 366 g/mol. The van der Waals surface area contributed by atoms with Crippen molar-refractivity contribution < 1.29 is 9.72 Å². The molecule has 144 valence electrons. The van der Waals surface area contributed by atoms with Gasteiger partial charge in [-0.15, -0.1) is 0 Å². The quantitative estimate of drug-likeness (QED) is 0.395. The first-order chi connectivity index (χ1) is 14.1. The van der Waals surface area contributed by atoms with Gasteiger partial charge in [0.05, 0.1) is 22.6 Å². The Morgan fingerprint density at radius 2 is 1.52 bits per heavy atom. The van der Waals surface area contributed by atoms with E-state index in [9.17, 15) is 14.9 Å². The number of carbonyl (C=O) groups is 1. The summed E-state index contributed by atoms with van der Waals surface area (Å²) in [4.78, 5) is 23.4. The molecule has 1 aliphatic rings. The first-order valence-electron chi connectivity index (χ1n) is 9.30. The lowest BCUT2D eigenvalue weighted by Crippen LogP contribution is -2.25. The van der Waals surface area contributed by atoms with Gasteiger partial charge in [0.15, 0.2) is 0 Å². The molecule has 1 unspecified atom stereocenters. The number of nitrogens with one attached hydrogen (secondary N) is 1. The molecule has 1 atom stereocenters. The number of nitrogens with zero attached hydrogens (tertiary/aromatic N) is 2. The van der Waals surface area contributed by atoms with Gasteiger partial charge < -0.3 is 0 Å². The van der Waals surface area contributed by atoms with Gasteiger partial charge in [0.25, 0.3) is 5.69 Å². The second kappa shape index (κ2) is 7.67. The zero-order chi connectivity index (χ0) is 20.3. The summed E-state index contributed by atoms with van der Waals surface area (Å²) < 4.78 is 0. The number of nitro benzene ring substituents is 1. The number of rotatable bonds is 6. The van der Waals surface area contributed by atoms with Gasteiger partial charge in [-0.3, -0.25) is 14.9 Å². The van der Waals surface area contributed by atoms with Gasteiger partial charge in [0, 0.05) is 11.5 Å². The van der Waals surface area contributed by atoms with Gasteiger partial charge in [-0.05, 0) is 23.6 Å². The Morgan fingerprint density at radius 3 is 2.10 bits per heavy atom. The molecule has 0 bridgehead atoms. The van der Waals surface area contributed by atoms with Crippen LogP contribution in [0.15, 0.2) is 90.0 Å². The molecule has 1 saturated carbocycles. The molecule has 1 fully saturated rings. The van der Waals surface area contributed by atoms with Gasteiger partial charge in [0.2, 0.25) is 5.91 Å². The molecule has 29 heavy (non-hydrogen) atoms. The van der Waals surface area contributed by atoms with E-state index in [-0.39, 0.29) is 22.9 Å². The topological polar surface area (TPSA) is 84.6 Å². The van der Waals surface area contributed by atoms with Crippen molar-refractivity contribution in [2.24, 2.45) is 11.0 Å². The monoisotopic (exact) mass is 385 g/mol.